The fourth-order valence-electron chi connectivity index (χ4n) is 2.67. The highest BCUT2D eigenvalue weighted by atomic mass is 32.2. The van der Waals surface area contributed by atoms with Crippen LogP contribution in [0.1, 0.15) is 5.69 Å². The molecule has 3 rings (SSSR count). The summed E-state index contributed by atoms with van der Waals surface area (Å²) in [5.74, 6) is 0.0460. The van der Waals surface area contributed by atoms with Gasteiger partial charge < -0.3 is 9.30 Å². The Morgan fingerprint density at radius 1 is 1.41 bits per heavy atom. The summed E-state index contributed by atoms with van der Waals surface area (Å²) in [6.45, 7) is 1.80. The van der Waals surface area contributed by atoms with Crippen LogP contribution in [-0.4, -0.2) is 52.3 Å². The van der Waals surface area contributed by atoms with Gasteiger partial charge in [-0.15, -0.1) is 0 Å². The fourth-order valence-corrected chi connectivity index (χ4v) is 4.13. The summed E-state index contributed by atoms with van der Waals surface area (Å²) in [7, 11) is -0.267. The number of hydrogen-bond acceptors (Lipinski definition) is 5. The molecular weight excluding hydrogens is 306 g/mol. The molecule has 0 radical (unpaired) electrons. The minimum absolute atomic E-state index is 0.0460. The minimum Gasteiger partial charge on any atom is -0.384 e. The molecule has 0 saturated heterocycles. The van der Waals surface area contributed by atoms with Crippen molar-refractivity contribution in [2.45, 2.75) is 18.1 Å². The average Bonchev–Trinajstić information content (AvgIpc) is 3.05. The van der Waals surface area contributed by atoms with Crippen molar-refractivity contribution in [2.24, 2.45) is 13.0 Å². The van der Waals surface area contributed by atoms with E-state index in [9.17, 15) is 8.42 Å². The van der Waals surface area contributed by atoms with Gasteiger partial charge in [0.1, 0.15) is 0 Å². The van der Waals surface area contributed by atoms with E-state index in [4.69, 9.17) is 4.74 Å². The Kier molecular flexibility index (Phi) is 4.02. The van der Waals surface area contributed by atoms with E-state index in [0.717, 1.165) is 5.69 Å². The number of fused-ring (bicyclic) bond motifs is 1. The second-order valence-corrected chi connectivity index (χ2v) is 7.39. The van der Waals surface area contributed by atoms with Gasteiger partial charge >= 0.3 is 0 Å². The molecule has 8 nitrogen and oxygen atoms in total. The predicted molar refractivity (Wildman–Crippen MR) is 78.4 cm³/mol. The van der Waals surface area contributed by atoms with E-state index in [0.29, 0.717) is 26.2 Å². The van der Waals surface area contributed by atoms with Gasteiger partial charge in [0.05, 0.1) is 25.2 Å². The van der Waals surface area contributed by atoms with Crippen LogP contribution >= 0.6 is 0 Å². The van der Waals surface area contributed by atoms with Crippen LogP contribution < -0.4 is 0 Å². The number of hydrogen-bond donors (Lipinski definition) is 0. The zero-order valence-electron chi connectivity index (χ0n) is 12.6. The van der Waals surface area contributed by atoms with Crippen molar-refractivity contribution in [3.05, 3.63) is 30.5 Å². The van der Waals surface area contributed by atoms with Crippen LogP contribution in [0.25, 0.3) is 0 Å². The van der Waals surface area contributed by atoms with Gasteiger partial charge in [-0.1, -0.05) is 0 Å². The van der Waals surface area contributed by atoms with Crippen molar-refractivity contribution in [2.75, 3.05) is 20.3 Å². The molecule has 1 aliphatic rings. The Morgan fingerprint density at radius 3 is 2.91 bits per heavy atom. The summed E-state index contributed by atoms with van der Waals surface area (Å²) in [6, 6.07) is 1.84. The standard InChI is InChI=1S/C13H19N5O3S/c1-16-8-13(14-10-16)22(19,20)17-5-11(9-21-2)6-18-12(7-17)3-4-15-18/h3-4,8,10-11H,5-7,9H2,1-2H3. The number of aromatic nitrogens is 4. The largest absolute Gasteiger partial charge is 0.384 e. The molecule has 0 fully saturated rings. The van der Waals surface area contributed by atoms with Crippen LogP contribution in [0.2, 0.25) is 0 Å². The van der Waals surface area contributed by atoms with Gasteiger partial charge in [-0.25, -0.2) is 13.4 Å². The second kappa shape index (κ2) is 5.82. The average molecular weight is 325 g/mol. The quantitative estimate of drug-likeness (QED) is 0.795. The lowest BCUT2D eigenvalue weighted by molar-refractivity contribution is 0.133. The van der Waals surface area contributed by atoms with Gasteiger partial charge in [-0.3, -0.25) is 4.68 Å². The first-order valence-electron chi connectivity index (χ1n) is 6.98. The number of nitrogens with zero attached hydrogens (tertiary/aromatic N) is 5. The molecule has 0 amide bonds. The Morgan fingerprint density at radius 2 is 2.23 bits per heavy atom. The molecule has 120 valence electrons. The van der Waals surface area contributed by atoms with Crippen LogP contribution in [-0.2, 0) is 34.9 Å². The molecule has 1 unspecified atom stereocenters. The number of ether oxygens (including phenoxy) is 1. The topological polar surface area (TPSA) is 82.2 Å². The van der Waals surface area contributed by atoms with Crippen molar-refractivity contribution in [3.63, 3.8) is 0 Å². The van der Waals surface area contributed by atoms with E-state index < -0.39 is 10.0 Å². The number of sulfonamides is 1. The van der Waals surface area contributed by atoms with Crippen LogP contribution in [0.4, 0.5) is 0 Å². The van der Waals surface area contributed by atoms with E-state index >= 15 is 0 Å². The monoisotopic (exact) mass is 325 g/mol. The lowest BCUT2D eigenvalue weighted by atomic mass is 10.1. The predicted octanol–water partition coefficient (Wildman–Crippen LogP) is 0.0837. The smallest absolute Gasteiger partial charge is 0.262 e. The zero-order chi connectivity index (χ0) is 15.7. The summed E-state index contributed by atoms with van der Waals surface area (Å²) in [5, 5.41) is 4.33. The Hall–Kier alpha value is -1.71. The molecule has 9 heteroatoms. The Bertz CT molecular complexity index is 751. The van der Waals surface area contributed by atoms with Gasteiger partial charge in [0.15, 0.2) is 5.03 Å². The first-order chi connectivity index (χ1) is 10.5. The molecule has 0 aliphatic carbocycles. The molecular formula is C13H19N5O3S. The molecule has 0 saturated carbocycles. The van der Waals surface area contributed by atoms with Crippen molar-refractivity contribution in [1.82, 2.24) is 23.6 Å². The number of aryl methyl sites for hydroxylation is 1. The molecule has 3 heterocycles. The van der Waals surface area contributed by atoms with Crippen molar-refractivity contribution < 1.29 is 13.2 Å². The first kappa shape index (κ1) is 15.2. The molecule has 1 atom stereocenters. The van der Waals surface area contributed by atoms with Crippen LogP contribution in [0, 0.1) is 5.92 Å². The third-order valence-corrected chi connectivity index (χ3v) is 5.42. The van der Waals surface area contributed by atoms with E-state index in [2.05, 4.69) is 10.1 Å². The highest BCUT2D eigenvalue weighted by Crippen LogP contribution is 2.22. The van der Waals surface area contributed by atoms with E-state index in [-0.39, 0.29) is 10.9 Å². The minimum atomic E-state index is -3.63. The van der Waals surface area contributed by atoms with Gasteiger partial charge in [0, 0.05) is 45.6 Å². The Labute approximate surface area is 129 Å². The molecule has 2 aromatic heterocycles. The van der Waals surface area contributed by atoms with Gasteiger partial charge in [0.2, 0.25) is 0 Å². The summed E-state index contributed by atoms with van der Waals surface area (Å²) < 4.78 is 35.8. The zero-order valence-corrected chi connectivity index (χ0v) is 13.4. The normalized spacial score (nSPS) is 19.8. The number of imidazole rings is 1. The van der Waals surface area contributed by atoms with Crippen LogP contribution in [0.5, 0.6) is 0 Å². The maximum absolute atomic E-state index is 12.8. The van der Waals surface area contributed by atoms with Crippen LogP contribution in [0.15, 0.2) is 29.8 Å². The van der Waals surface area contributed by atoms with Gasteiger partial charge in [-0.05, 0) is 6.07 Å². The van der Waals surface area contributed by atoms with Crippen molar-refractivity contribution in [1.29, 1.82) is 0 Å². The van der Waals surface area contributed by atoms with E-state index in [1.165, 1.54) is 16.8 Å². The Balaban J connectivity index is 1.95. The molecule has 1 aliphatic heterocycles. The molecule has 0 spiro atoms. The molecule has 0 aromatic carbocycles. The molecule has 0 N–H and O–H groups in total. The van der Waals surface area contributed by atoms with Gasteiger partial charge in [-0.2, -0.15) is 9.40 Å². The number of methoxy groups -OCH3 is 1. The van der Waals surface area contributed by atoms with Crippen LogP contribution in [0.3, 0.4) is 0 Å². The second-order valence-electron chi connectivity index (χ2n) is 5.50. The number of rotatable bonds is 4. The third kappa shape index (κ3) is 2.79. The fraction of sp³-hybridized carbons (Fsp3) is 0.538. The molecule has 2 aromatic rings. The van der Waals surface area contributed by atoms with E-state index in [1.54, 1.807) is 24.9 Å². The highest BCUT2D eigenvalue weighted by molar-refractivity contribution is 7.89. The van der Waals surface area contributed by atoms with Crippen molar-refractivity contribution >= 4 is 10.0 Å². The lowest BCUT2D eigenvalue weighted by Crippen LogP contribution is -2.35. The molecule has 0 bridgehead atoms. The summed E-state index contributed by atoms with van der Waals surface area (Å²) in [6.07, 6.45) is 4.69. The maximum atomic E-state index is 12.8. The van der Waals surface area contributed by atoms with Gasteiger partial charge in [0.25, 0.3) is 10.0 Å². The first-order valence-corrected chi connectivity index (χ1v) is 8.42. The lowest BCUT2D eigenvalue weighted by Gasteiger charge is -2.22. The van der Waals surface area contributed by atoms with E-state index in [1.807, 2.05) is 10.7 Å². The van der Waals surface area contributed by atoms with Crippen molar-refractivity contribution in [3.8, 4) is 0 Å². The SMILES string of the molecule is COCC1CN(S(=O)(=O)c2cn(C)cn2)Cc2ccnn2C1. The maximum Gasteiger partial charge on any atom is 0.262 e. The summed E-state index contributed by atoms with van der Waals surface area (Å²) >= 11 is 0. The third-order valence-electron chi connectivity index (χ3n) is 3.72. The molecule has 22 heavy (non-hydrogen) atoms. The summed E-state index contributed by atoms with van der Waals surface area (Å²) in [4.78, 5) is 3.99. The highest BCUT2D eigenvalue weighted by Gasteiger charge is 2.32. The summed E-state index contributed by atoms with van der Waals surface area (Å²) in [5.41, 5.74) is 0.873.